The molecular formula is C12H18NO2. The van der Waals surface area contributed by atoms with E-state index in [1.807, 2.05) is 24.3 Å². The van der Waals surface area contributed by atoms with E-state index in [-0.39, 0.29) is 0 Å². The fourth-order valence-electron chi connectivity index (χ4n) is 1.34. The van der Waals surface area contributed by atoms with Gasteiger partial charge in [-0.1, -0.05) is 18.2 Å². The lowest BCUT2D eigenvalue weighted by atomic mass is 10.3. The number of nitrogens with zero attached hydrogens (tertiary/aromatic N) is 1. The molecule has 15 heavy (non-hydrogen) atoms. The largest absolute Gasteiger partial charge is 0.383 e. The van der Waals surface area contributed by atoms with E-state index < -0.39 is 0 Å². The summed E-state index contributed by atoms with van der Waals surface area (Å²) < 4.78 is 10.2. The van der Waals surface area contributed by atoms with Gasteiger partial charge in [-0.25, -0.2) is 0 Å². The van der Waals surface area contributed by atoms with Gasteiger partial charge in [0.15, 0.2) is 0 Å². The average molecular weight is 208 g/mol. The number of methoxy groups -OCH3 is 2. The van der Waals surface area contributed by atoms with Crippen LogP contribution < -0.4 is 4.90 Å². The Kier molecular flexibility index (Phi) is 5.81. The number of ether oxygens (including phenoxy) is 2. The molecule has 0 fully saturated rings. The van der Waals surface area contributed by atoms with E-state index in [9.17, 15) is 0 Å². The van der Waals surface area contributed by atoms with E-state index in [1.54, 1.807) is 14.2 Å². The van der Waals surface area contributed by atoms with Gasteiger partial charge in [-0.2, -0.15) is 0 Å². The standard InChI is InChI=1S/C12H18NO2/c1-14-10-8-13(9-11-15-2)12-6-4-3-5-7-12/h3-6H,8-11H2,1-2H3. The molecule has 0 spiro atoms. The molecule has 0 aromatic heterocycles. The first kappa shape index (κ1) is 12.0. The zero-order chi connectivity index (χ0) is 10.9. The summed E-state index contributed by atoms with van der Waals surface area (Å²) in [4.78, 5) is 2.20. The van der Waals surface area contributed by atoms with Crippen LogP contribution >= 0.6 is 0 Å². The average Bonchev–Trinajstić information content (AvgIpc) is 2.30. The van der Waals surface area contributed by atoms with Crippen molar-refractivity contribution in [2.75, 3.05) is 45.4 Å². The van der Waals surface area contributed by atoms with E-state index in [2.05, 4.69) is 11.0 Å². The van der Waals surface area contributed by atoms with Crippen LogP contribution in [0, 0.1) is 6.07 Å². The molecule has 0 heterocycles. The zero-order valence-electron chi connectivity index (χ0n) is 9.40. The van der Waals surface area contributed by atoms with Gasteiger partial charge in [-0.15, -0.1) is 0 Å². The van der Waals surface area contributed by atoms with Gasteiger partial charge in [0.2, 0.25) is 0 Å². The van der Waals surface area contributed by atoms with Crippen molar-refractivity contribution in [3.8, 4) is 0 Å². The van der Waals surface area contributed by atoms with Crippen LogP contribution in [0.5, 0.6) is 0 Å². The van der Waals surface area contributed by atoms with Gasteiger partial charge in [-0.3, -0.25) is 0 Å². The summed E-state index contributed by atoms with van der Waals surface area (Å²) in [6, 6.07) is 11.1. The topological polar surface area (TPSA) is 21.7 Å². The normalized spacial score (nSPS) is 10.3. The summed E-state index contributed by atoms with van der Waals surface area (Å²) in [5.74, 6) is 0. The summed E-state index contributed by atoms with van der Waals surface area (Å²) in [6.45, 7) is 3.15. The molecular weight excluding hydrogens is 190 g/mol. The minimum atomic E-state index is 0.715. The van der Waals surface area contributed by atoms with Crippen molar-refractivity contribution in [3.63, 3.8) is 0 Å². The van der Waals surface area contributed by atoms with E-state index in [1.165, 1.54) is 0 Å². The zero-order valence-corrected chi connectivity index (χ0v) is 9.40. The number of anilines is 1. The van der Waals surface area contributed by atoms with E-state index in [4.69, 9.17) is 9.47 Å². The summed E-state index contributed by atoms with van der Waals surface area (Å²) >= 11 is 0. The molecule has 0 unspecified atom stereocenters. The highest BCUT2D eigenvalue weighted by atomic mass is 16.5. The van der Waals surface area contributed by atoms with Crippen LogP contribution in [0.4, 0.5) is 5.69 Å². The number of para-hydroxylation sites is 1. The fourth-order valence-corrected chi connectivity index (χ4v) is 1.34. The second kappa shape index (κ2) is 7.26. The first-order valence-corrected chi connectivity index (χ1v) is 5.08. The monoisotopic (exact) mass is 208 g/mol. The van der Waals surface area contributed by atoms with Crippen molar-refractivity contribution in [1.82, 2.24) is 0 Å². The molecule has 0 amide bonds. The van der Waals surface area contributed by atoms with Crippen molar-refractivity contribution in [1.29, 1.82) is 0 Å². The molecule has 0 aliphatic carbocycles. The molecule has 3 heteroatoms. The van der Waals surface area contributed by atoms with Crippen molar-refractivity contribution < 1.29 is 9.47 Å². The first-order chi connectivity index (χ1) is 7.38. The molecule has 0 N–H and O–H groups in total. The third kappa shape index (κ3) is 4.32. The molecule has 0 aliphatic rings. The molecule has 0 bridgehead atoms. The van der Waals surface area contributed by atoms with Gasteiger partial charge in [0.05, 0.1) is 13.2 Å². The Labute approximate surface area is 91.6 Å². The number of benzene rings is 1. The van der Waals surface area contributed by atoms with Gasteiger partial charge in [0, 0.05) is 39.1 Å². The van der Waals surface area contributed by atoms with Gasteiger partial charge >= 0.3 is 0 Å². The third-order valence-corrected chi connectivity index (χ3v) is 2.16. The van der Waals surface area contributed by atoms with Crippen molar-refractivity contribution in [2.45, 2.75) is 0 Å². The van der Waals surface area contributed by atoms with Gasteiger partial charge in [0.25, 0.3) is 0 Å². The molecule has 83 valence electrons. The Morgan fingerprint density at radius 2 is 1.80 bits per heavy atom. The molecule has 0 saturated carbocycles. The highest BCUT2D eigenvalue weighted by Crippen LogP contribution is 2.11. The Hall–Kier alpha value is -1.06. The van der Waals surface area contributed by atoms with Crippen LogP contribution in [-0.2, 0) is 9.47 Å². The molecule has 1 aromatic carbocycles. The minimum Gasteiger partial charge on any atom is -0.383 e. The molecule has 1 aromatic rings. The minimum absolute atomic E-state index is 0.715. The predicted octanol–water partition coefficient (Wildman–Crippen LogP) is 1.59. The smallest absolute Gasteiger partial charge is 0.0637 e. The Balaban J connectivity index is 2.55. The van der Waals surface area contributed by atoms with Crippen molar-refractivity contribution >= 4 is 5.69 Å². The van der Waals surface area contributed by atoms with Crippen LogP contribution in [0.25, 0.3) is 0 Å². The Bertz CT molecular complexity index is 243. The molecule has 0 saturated heterocycles. The van der Waals surface area contributed by atoms with Crippen molar-refractivity contribution in [2.24, 2.45) is 0 Å². The van der Waals surface area contributed by atoms with E-state index in [0.717, 1.165) is 18.8 Å². The lowest BCUT2D eigenvalue weighted by Crippen LogP contribution is -2.30. The fraction of sp³-hybridized carbons (Fsp3) is 0.500. The maximum absolute atomic E-state index is 5.08. The SMILES string of the molecule is COCCN(CCOC)c1[c]cccc1. The predicted molar refractivity (Wildman–Crippen MR) is 61.2 cm³/mol. The molecule has 1 rings (SSSR count). The number of hydrogen-bond donors (Lipinski definition) is 0. The summed E-state index contributed by atoms with van der Waals surface area (Å²) in [5, 5.41) is 0. The molecule has 0 atom stereocenters. The quantitative estimate of drug-likeness (QED) is 0.679. The highest BCUT2D eigenvalue weighted by Gasteiger charge is 2.04. The maximum Gasteiger partial charge on any atom is 0.0637 e. The molecule has 1 radical (unpaired) electrons. The van der Waals surface area contributed by atoms with Crippen LogP contribution in [0.2, 0.25) is 0 Å². The lowest BCUT2D eigenvalue weighted by molar-refractivity contribution is 0.190. The van der Waals surface area contributed by atoms with Crippen LogP contribution in [-0.4, -0.2) is 40.5 Å². The second-order valence-corrected chi connectivity index (χ2v) is 3.22. The number of rotatable bonds is 7. The second-order valence-electron chi connectivity index (χ2n) is 3.22. The lowest BCUT2D eigenvalue weighted by Gasteiger charge is -2.23. The highest BCUT2D eigenvalue weighted by molar-refractivity contribution is 5.44. The van der Waals surface area contributed by atoms with E-state index >= 15 is 0 Å². The van der Waals surface area contributed by atoms with Gasteiger partial charge in [-0.05, 0) is 6.07 Å². The van der Waals surface area contributed by atoms with Crippen LogP contribution in [0.3, 0.4) is 0 Å². The van der Waals surface area contributed by atoms with Gasteiger partial charge in [0.1, 0.15) is 0 Å². The van der Waals surface area contributed by atoms with Crippen LogP contribution in [0.1, 0.15) is 0 Å². The summed E-state index contributed by atoms with van der Waals surface area (Å²) in [5.41, 5.74) is 1.09. The van der Waals surface area contributed by atoms with Crippen LogP contribution in [0.15, 0.2) is 24.3 Å². The maximum atomic E-state index is 5.08. The first-order valence-electron chi connectivity index (χ1n) is 5.08. The van der Waals surface area contributed by atoms with Gasteiger partial charge < -0.3 is 14.4 Å². The summed E-state index contributed by atoms with van der Waals surface area (Å²) in [7, 11) is 3.42. The third-order valence-electron chi connectivity index (χ3n) is 2.16. The van der Waals surface area contributed by atoms with Crippen molar-refractivity contribution in [3.05, 3.63) is 30.3 Å². The Morgan fingerprint density at radius 1 is 1.13 bits per heavy atom. The van der Waals surface area contributed by atoms with E-state index in [0.29, 0.717) is 13.2 Å². The number of hydrogen-bond acceptors (Lipinski definition) is 3. The molecule has 3 nitrogen and oxygen atoms in total. The Morgan fingerprint density at radius 3 is 2.27 bits per heavy atom. The molecule has 0 aliphatic heterocycles. The summed E-state index contributed by atoms with van der Waals surface area (Å²) in [6.07, 6.45) is 0.